The van der Waals surface area contributed by atoms with Crippen molar-refractivity contribution in [2.24, 2.45) is 5.92 Å². The van der Waals surface area contributed by atoms with Crippen molar-refractivity contribution < 1.29 is 4.79 Å². The zero-order valence-electron chi connectivity index (χ0n) is 9.76. The second-order valence-electron chi connectivity index (χ2n) is 4.68. The van der Waals surface area contributed by atoms with Gasteiger partial charge in [-0.25, -0.2) is 9.67 Å². The lowest BCUT2D eigenvalue weighted by Gasteiger charge is -2.16. The van der Waals surface area contributed by atoms with Crippen LogP contribution >= 0.6 is 0 Å². The molecule has 2 rings (SSSR count). The van der Waals surface area contributed by atoms with E-state index in [1.165, 1.54) is 12.7 Å². The predicted octanol–water partition coefficient (Wildman–Crippen LogP) is 1.14. The second kappa shape index (κ2) is 4.63. The number of hydrogen-bond donors (Lipinski definition) is 1. The van der Waals surface area contributed by atoms with Crippen molar-refractivity contribution in [1.29, 1.82) is 0 Å². The van der Waals surface area contributed by atoms with Crippen molar-refractivity contribution in [3.63, 3.8) is 0 Å². The molecule has 5 heteroatoms. The molecule has 1 aliphatic carbocycles. The smallest absolute Gasteiger partial charge is 0.244 e. The monoisotopic (exact) mass is 222 g/mol. The summed E-state index contributed by atoms with van der Waals surface area (Å²) >= 11 is 0. The van der Waals surface area contributed by atoms with E-state index in [0.29, 0.717) is 6.04 Å². The highest BCUT2D eigenvalue weighted by atomic mass is 16.2. The van der Waals surface area contributed by atoms with E-state index in [9.17, 15) is 4.79 Å². The van der Waals surface area contributed by atoms with E-state index in [1.54, 1.807) is 11.0 Å². The van der Waals surface area contributed by atoms with E-state index in [-0.39, 0.29) is 11.9 Å². The molecule has 3 atom stereocenters. The Hall–Kier alpha value is -1.39. The summed E-state index contributed by atoms with van der Waals surface area (Å²) in [6, 6.07) is 0.0619. The van der Waals surface area contributed by atoms with Crippen LogP contribution in [-0.2, 0) is 4.79 Å². The molecule has 88 valence electrons. The van der Waals surface area contributed by atoms with Gasteiger partial charge in [0, 0.05) is 6.04 Å². The summed E-state index contributed by atoms with van der Waals surface area (Å²) in [6.45, 7) is 4.06. The van der Waals surface area contributed by atoms with Gasteiger partial charge in [-0.15, -0.1) is 0 Å². The van der Waals surface area contributed by atoms with Gasteiger partial charge in [0.25, 0.3) is 0 Å². The number of aromatic nitrogens is 3. The predicted molar refractivity (Wildman–Crippen MR) is 59.7 cm³/mol. The average molecular weight is 222 g/mol. The fourth-order valence-electron chi connectivity index (χ4n) is 2.20. The fourth-order valence-corrected chi connectivity index (χ4v) is 2.20. The van der Waals surface area contributed by atoms with Crippen LogP contribution in [0.3, 0.4) is 0 Å². The Balaban J connectivity index is 1.88. The third-order valence-electron chi connectivity index (χ3n) is 3.25. The summed E-state index contributed by atoms with van der Waals surface area (Å²) in [6.07, 6.45) is 6.42. The number of nitrogens with one attached hydrogen (secondary N) is 1. The molecule has 1 aromatic heterocycles. The quantitative estimate of drug-likeness (QED) is 0.834. The van der Waals surface area contributed by atoms with E-state index in [0.717, 1.165) is 18.8 Å². The number of rotatable bonds is 3. The Labute approximate surface area is 95.2 Å². The molecule has 1 saturated carbocycles. The van der Waals surface area contributed by atoms with Crippen LogP contribution in [-0.4, -0.2) is 26.7 Å². The lowest BCUT2D eigenvalue weighted by atomic mass is 10.1. The minimum Gasteiger partial charge on any atom is -0.352 e. The molecule has 16 heavy (non-hydrogen) atoms. The van der Waals surface area contributed by atoms with Gasteiger partial charge in [-0.05, 0) is 32.1 Å². The number of amides is 1. The third kappa shape index (κ3) is 2.40. The Morgan fingerprint density at radius 3 is 2.94 bits per heavy atom. The van der Waals surface area contributed by atoms with Crippen LogP contribution in [0, 0.1) is 5.92 Å². The maximum atomic E-state index is 11.9. The molecule has 1 N–H and O–H groups in total. The first-order valence-corrected chi connectivity index (χ1v) is 5.81. The summed E-state index contributed by atoms with van der Waals surface area (Å²) in [5.41, 5.74) is 0. The summed E-state index contributed by atoms with van der Waals surface area (Å²) in [5, 5.41) is 7.04. The minimum atomic E-state index is -0.279. The van der Waals surface area contributed by atoms with Crippen molar-refractivity contribution in [2.75, 3.05) is 0 Å². The van der Waals surface area contributed by atoms with Gasteiger partial charge >= 0.3 is 0 Å². The third-order valence-corrected chi connectivity index (χ3v) is 3.25. The van der Waals surface area contributed by atoms with E-state index in [2.05, 4.69) is 22.3 Å². The standard InChI is InChI=1S/C11H18N4O/c1-8-3-4-10(5-8)14-11(16)9(2)15-7-12-6-13-15/h6-10H,3-5H2,1-2H3,(H,14,16). The van der Waals surface area contributed by atoms with Crippen molar-refractivity contribution >= 4 is 5.91 Å². The fraction of sp³-hybridized carbons (Fsp3) is 0.727. The molecule has 0 saturated heterocycles. The van der Waals surface area contributed by atoms with Crippen molar-refractivity contribution in [1.82, 2.24) is 20.1 Å². The molecular formula is C11H18N4O. The normalized spacial score (nSPS) is 26.6. The largest absolute Gasteiger partial charge is 0.352 e. The molecule has 0 spiro atoms. The summed E-state index contributed by atoms with van der Waals surface area (Å²) < 4.78 is 1.58. The SMILES string of the molecule is CC1CCC(NC(=O)C(C)n2cncn2)C1. The van der Waals surface area contributed by atoms with Gasteiger partial charge in [-0.3, -0.25) is 4.79 Å². The zero-order chi connectivity index (χ0) is 11.5. The van der Waals surface area contributed by atoms with E-state index >= 15 is 0 Å². The first-order chi connectivity index (χ1) is 7.66. The first-order valence-electron chi connectivity index (χ1n) is 5.81. The molecule has 1 heterocycles. The Bertz CT molecular complexity index is 349. The zero-order valence-corrected chi connectivity index (χ0v) is 9.76. The molecular weight excluding hydrogens is 204 g/mol. The molecule has 0 bridgehead atoms. The summed E-state index contributed by atoms with van der Waals surface area (Å²) in [7, 11) is 0. The maximum absolute atomic E-state index is 11.9. The topological polar surface area (TPSA) is 59.8 Å². The van der Waals surface area contributed by atoms with Crippen LogP contribution < -0.4 is 5.32 Å². The van der Waals surface area contributed by atoms with Crippen LogP contribution in [0.15, 0.2) is 12.7 Å². The van der Waals surface area contributed by atoms with Gasteiger partial charge in [0.2, 0.25) is 5.91 Å². The van der Waals surface area contributed by atoms with Crippen LogP contribution in [0.4, 0.5) is 0 Å². The molecule has 0 aromatic carbocycles. The average Bonchev–Trinajstić information content (AvgIpc) is 2.88. The lowest BCUT2D eigenvalue weighted by Crippen LogP contribution is -2.37. The first kappa shape index (κ1) is 11.1. The van der Waals surface area contributed by atoms with Crippen molar-refractivity contribution in [2.45, 2.75) is 45.2 Å². The minimum absolute atomic E-state index is 0.0320. The molecule has 1 aliphatic rings. The van der Waals surface area contributed by atoms with Crippen molar-refractivity contribution in [3.8, 4) is 0 Å². The highest BCUT2D eigenvalue weighted by molar-refractivity contribution is 5.80. The van der Waals surface area contributed by atoms with Gasteiger partial charge < -0.3 is 5.32 Å². The molecule has 1 fully saturated rings. The maximum Gasteiger partial charge on any atom is 0.244 e. The number of nitrogens with zero attached hydrogens (tertiary/aromatic N) is 3. The van der Waals surface area contributed by atoms with Gasteiger partial charge in [0.05, 0.1) is 0 Å². The Morgan fingerprint density at radius 1 is 1.56 bits per heavy atom. The second-order valence-corrected chi connectivity index (χ2v) is 4.68. The molecule has 0 radical (unpaired) electrons. The molecule has 1 amide bonds. The van der Waals surface area contributed by atoms with Crippen LogP contribution in [0.5, 0.6) is 0 Å². The number of hydrogen-bond acceptors (Lipinski definition) is 3. The van der Waals surface area contributed by atoms with Gasteiger partial charge in [-0.2, -0.15) is 5.10 Å². The molecule has 1 aromatic rings. The highest BCUT2D eigenvalue weighted by Crippen LogP contribution is 2.24. The van der Waals surface area contributed by atoms with E-state index in [4.69, 9.17) is 0 Å². The van der Waals surface area contributed by atoms with Gasteiger partial charge in [-0.1, -0.05) is 6.92 Å². The number of carbonyl (C=O) groups is 1. The Kier molecular flexibility index (Phi) is 3.22. The number of carbonyl (C=O) groups excluding carboxylic acids is 1. The molecule has 0 aliphatic heterocycles. The van der Waals surface area contributed by atoms with Crippen LogP contribution in [0.2, 0.25) is 0 Å². The van der Waals surface area contributed by atoms with E-state index in [1.807, 2.05) is 6.92 Å². The van der Waals surface area contributed by atoms with Gasteiger partial charge in [0.15, 0.2) is 0 Å². The summed E-state index contributed by atoms with van der Waals surface area (Å²) in [5.74, 6) is 0.761. The van der Waals surface area contributed by atoms with Gasteiger partial charge in [0.1, 0.15) is 18.7 Å². The lowest BCUT2D eigenvalue weighted by molar-refractivity contribution is -0.124. The highest BCUT2D eigenvalue weighted by Gasteiger charge is 2.25. The van der Waals surface area contributed by atoms with Crippen LogP contribution in [0.25, 0.3) is 0 Å². The van der Waals surface area contributed by atoms with Crippen LogP contribution in [0.1, 0.15) is 39.2 Å². The van der Waals surface area contributed by atoms with Crippen molar-refractivity contribution in [3.05, 3.63) is 12.7 Å². The molecule has 5 nitrogen and oxygen atoms in total. The molecule has 3 unspecified atom stereocenters. The Morgan fingerprint density at radius 2 is 2.38 bits per heavy atom. The van der Waals surface area contributed by atoms with E-state index < -0.39 is 0 Å². The summed E-state index contributed by atoms with van der Waals surface area (Å²) in [4.78, 5) is 15.7.